The SMILES string of the molecule is CNC(=O)Cn1c(=S)[nH]c2cc(F)c(C)cc21. The molecule has 6 heteroatoms. The number of fused-ring (bicyclic) bond motifs is 1. The lowest BCUT2D eigenvalue weighted by Gasteiger charge is -2.04. The number of aromatic amines is 1. The maximum absolute atomic E-state index is 13.4. The molecule has 17 heavy (non-hydrogen) atoms. The third-order valence-electron chi connectivity index (χ3n) is 2.64. The van der Waals surface area contributed by atoms with Gasteiger partial charge in [-0.15, -0.1) is 0 Å². The lowest BCUT2D eigenvalue weighted by Crippen LogP contribution is -2.23. The molecule has 1 heterocycles. The summed E-state index contributed by atoms with van der Waals surface area (Å²) in [5.41, 5.74) is 1.86. The standard InChI is InChI=1S/C11H12FN3OS/c1-6-3-9-8(4-7(6)12)14-11(17)15(9)5-10(16)13-2/h3-4H,5H2,1-2H3,(H,13,16)(H,14,17). The van der Waals surface area contributed by atoms with Crippen LogP contribution in [0.1, 0.15) is 5.56 Å². The molecule has 0 bridgehead atoms. The molecule has 0 saturated carbocycles. The van der Waals surface area contributed by atoms with Gasteiger partial charge in [0.25, 0.3) is 0 Å². The number of imidazole rings is 1. The number of halogens is 1. The van der Waals surface area contributed by atoms with Crippen LogP contribution >= 0.6 is 12.2 Å². The van der Waals surface area contributed by atoms with Crippen molar-refractivity contribution < 1.29 is 9.18 Å². The van der Waals surface area contributed by atoms with Crippen molar-refractivity contribution in [3.63, 3.8) is 0 Å². The molecule has 0 aliphatic carbocycles. The number of hydrogen-bond donors (Lipinski definition) is 2. The number of amides is 1. The Bertz CT molecular complexity index is 644. The maximum atomic E-state index is 13.4. The van der Waals surface area contributed by atoms with Crippen LogP contribution in [-0.2, 0) is 11.3 Å². The Morgan fingerprint density at radius 2 is 2.29 bits per heavy atom. The number of likely N-dealkylation sites (N-methyl/N-ethyl adjacent to an activating group) is 1. The molecule has 0 aliphatic heterocycles. The highest BCUT2D eigenvalue weighted by molar-refractivity contribution is 7.71. The predicted octanol–water partition coefficient (Wildman–Crippen LogP) is 1.89. The van der Waals surface area contributed by atoms with Crippen molar-refractivity contribution in [3.8, 4) is 0 Å². The number of benzene rings is 1. The van der Waals surface area contributed by atoms with E-state index in [4.69, 9.17) is 12.2 Å². The quantitative estimate of drug-likeness (QED) is 0.803. The fourth-order valence-electron chi connectivity index (χ4n) is 1.66. The molecule has 0 aliphatic rings. The summed E-state index contributed by atoms with van der Waals surface area (Å²) in [5, 5.41) is 2.53. The number of carbonyl (C=O) groups excluding carboxylic acids is 1. The van der Waals surface area contributed by atoms with Gasteiger partial charge in [-0.25, -0.2) is 4.39 Å². The van der Waals surface area contributed by atoms with Crippen molar-refractivity contribution in [1.82, 2.24) is 14.9 Å². The van der Waals surface area contributed by atoms with Crippen molar-refractivity contribution in [1.29, 1.82) is 0 Å². The summed E-state index contributed by atoms with van der Waals surface area (Å²) in [6, 6.07) is 3.07. The van der Waals surface area contributed by atoms with Crippen LogP contribution in [0.2, 0.25) is 0 Å². The highest BCUT2D eigenvalue weighted by atomic mass is 32.1. The Morgan fingerprint density at radius 1 is 1.59 bits per heavy atom. The zero-order chi connectivity index (χ0) is 12.6. The van der Waals surface area contributed by atoms with E-state index in [1.165, 1.54) is 6.07 Å². The van der Waals surface area contributed by atoms with Gasteiger partial charge in [-0.2, -0.15) is 0 Å². The van der Waals surface area contributed by atoms with Gasteiger partial charge in [0, 0.05) is 7.05 Å². The number of nitrogens with zero attached hydrogens (tertiary/aromatic N) is 1. The van der Waals surface area contributed by atoms with Crippen LogP contribution in [0.25, 0.3) is 11.0 Å². The van der Waals surface area contributed by atoms with Crippen LogP contribution in [0.15, 0.2) is 12.1 Å². The second-order valence-electron chi connectivity index (χ2n) is 3.81. The van der Waals surface area contributed by atoms with Crippen molar-refractivity contribution in [3.05, 3.63) is 28.3 Å². The van der Waals surface area contributed by atoms with Crippen LogP contribution in [0, 0.1) is 17.5 Å². The van der Waals surface area contributed by atoms with Crippen LogP contribution in [0.4, 0.5) is 4.39 Å². The Labute approximate surface area is 102 Å². The molecule has 0 unspecified atom stereocenters. The van der Waals surface area contributed by atoms with Gasteiger partial charge in [-0.05, 0) is 36.8 Å². The van der Waals surface area contributed by atoms with E-state index in [0.29, 0.717) is 15.9 Å². The second kappa shape index (κ2) is 4.29. The minimum absolute atomic E-state index is 0.125. The third-order valence-corrected chi connectivity index (χ3v) is 2.96. The summed E-state index contributed by atoms with van der Waals surface area (Å²) in [6.07, 6.45) is 0. The summed E-state index contributed by atoms with van der Waals surface area (Å²) >= 11 is 5.11. The molecular formula is C11H12FN3OS. The molecule has 90 valence electrons. The van der Waals surface area contributed by atoms with E-state index < -0.39 is 0 Å². The molecule has 1 aromatic heterocycles. The van der Waals surface area contributed by atoms with E-state index in [1.54, 1.807) is 24.6 Å². The lowest BCUT2D eigenvalue weighted by atomic mass is 10.2. The van der Waals surface area contributed by atoms with E-state index >= 15 is 0 Å². The molecule has 4 nitrogen and oxygen atoms in total. The molecule has 0 radical (unpaired) electrons. The van der Waals surface area contributed by atoms with Gasteiger partial charge in [0.15, 0.2) is 4.77 Å². The zero-order valence-corrected chi connectivity index (χ0v) is 10.3. The Hall–Kier alpha value is -1.69. The van der Waals surface area contributed by atoms with Crippen molar-refractivity contribution in [2.45, 2.75) is 13.5 Å². The van der Waals surface area contributed by atoms with Crippen LogP contribution in [-0.4, -0.2) is 22.5 Å². The van der Waals surface area contributed by atoms with Gasteiger partial charge in [0.05, 0.1) is 11.0 Å². The molecule has 2 aromatic rings. The van der Waals surface area contributed by atoms with E-state index in [1.807, 2.05) is 0 Å². The van der Waals surface area contributed by atoms with Crippen LogP contribution < -0.4 is 5.32 Å². The molecule has 2 rings (SSSR count). The molecule has 2 N–H and O–H groups in total. The zero-order valence-electron chi connectivity index (χ0n) is 9.50. The fraction of sp³-hybridized carbons (Fsp3) is 0.273. The number of aryl methyl sites for hydroxylation is 1. The van der Waals surface area contributed by atoms with E-state index in [-0.39, 0.29) is 18.3 Å². The molecule has 1 amide bonds. The van der Waals surface area contributed by atoms with Crippen molar-refractivity contribution in [2.75, 3.05) is 7.05 Å². The van der Waals surface area contributed by atoms with Gasteiger partial charge < -0.3 is 14.9 Å². The van der Waals surface area contributed by atoms with Gasteiger partial charge in [0.1, 0.15) is 12.4 Å². The first-order chi connectivity index (χ1) is 8.02. The summed E-state index contributed by atoms with van der Waals surface area (Å²) in [4.78, 5) is 14.2. The number of carbonyl (C=O) groups is 1. The van der Waals surface area contributed by atoms with Crippen molar-refractivity contribution in [2.24, 2.45) is 0 Å². The number of H-pyrrole nitrogens is 1. The van der Waals surface area contributed by atoms with Crippen LogP contribution in [0.3, 0.4) is 0 Å². The van der Waals surface area contributed by atoms with E-state index in [2.05, 4.69) is 10.3 Å². The van der Waals surface area contributed by atoms with E-state index in [0.717, 1.165) is 5.52 Å². The number of hydrogen-bond acceptors (Lipinski definition) is 2. The molecule has 0 fully saturated rings. The van der Waals surface area contributed by atoms with Gasteiger partial charge in [-0.3, -0.25) is 4.79 Å². The average molecular weight is 253 g/mol. The smallest absolute Gasteiger partial charge is 0.239 e. The highest BCUT2D eigenvalue weighted by Crippen LogP contribution is 2.18. The van der Waals surface area contributed by atoms with Gasteiger partial charge in [0.2, 0.25) is 5.91 Å². The largest absolute Gasteiger partial charge is 0.358 e. The molecule has 1 aromatic carbocycles. The number of rotatable bonds is 2. The van der Waals surface area contributed by atoms with Gasteiger partial charge in [-0.1, -0.05) is 0 Å². The van der Waals surface area contributed by atoms with Crippen LogP contribution in [0.5, 0.6) is 0 Å². The number of nitrogens with one attached hydrogen (secondary N) is 2. The maximum Gasteiger partial charge on any atom is 0.239 e. The molecule has 0 atom stereocenters. The second-order valence-corrected chi connectivity index (χ2v) is 4.19. The first kappa shape index (κ1) is 11.8. The molecule has 0 spiro atoms. The summed E-state index contributed by atoms with van der Waals surface area (Å²) in [7, 11) is 1.56. The normalized spacial score (nSPS) is 10.8. The Kier molecular flexibility index (Phi) is 2.97. The highest BCUT2D eigenvalue weighted by Gasteiger charge is 2.10. The molecule has 0 saturated heterocycles. The lowest BCUT2D eigenvalue weighted by molar-refractivity contribution is -0.121. The average Bonchev–Trinajstić information content (AvgIpc) is 2.56. The van der Waals surface area contributed by atoms with Gasteiger partial charge >= 0.3 is 0 Å². The number of aromatic nitrogens is 2. The van der Waals surface area contributed by atoms with E-state index in [9.17, 15) is 9.18 Å². The first-order valence-electron chi connectivity index (χ1n) is 5.12. The topological polar surface area (TPSA) is 49.8 Å². The summed E-state index contributed by atoms with van der Waals surface area (Å²) in [6.45, 7) is 1.80. The first-order valence-corrected chi connectivity index (χ1v) is 5.53. The van der Waals surface area contributed by atoms with Crippen molar-refractivity contribution >= 4 is 29.2 Å². The minimum atomic E-state index is -0.291. The third kappa shape index (κ3) is 2.08. The predicted molar refractivity (Wildman–Crippen MR) is 65.9 cm³/mol. The Morgan fingerprint density at radius 3 is 2.94 bits per heavy atom. The minimum Gasteiger partial charge on any atom is -0.358 e. The monoisotopic (exact) mass is 253 g/mol. The fourth-order valence-corrected chi connectivity index (χ4v) is 1.93. The summed E-state index contributed by atoms with van der Waals surface area (Å²) < 4.78 is 15.4. The Balaban J connectivity index is 2.62. The summed E-state index contributed by atoms with van der Waals surface area (Å²) in [5.74, 6) is -0.440. The molecular weight excluding hydrogens is 241 g/mol.